The maximum Gasteiger partial charge on any atom is 0.307 e. The summed E-state index contributed by atoms with van der Waals surface area (Å²) in [5.41, 5.74) is 2.62. The van der Waals surface area contributed by atoms with E-state index in [1.54, 1.807) is 6.07 Å². The van der Waals surface area contributed by atoms with Crippen LogP contribution in [-0.4, -0.2) is 33.4 Å². The molecule has 0 spiro atoms. The quantitative estimate of drug-likeness (QED) is 0.586. The van der Waals surface area contributed by atoms with Gasteiger partial charge < -0.3 is 10.1 Å². The molecule has 0 unspecified atom stereocenters. The van der Waals surface area contributed by atoms with Crippen molar-refractivity contribution in [1.82, 2.24) is 4.72 Å². The lowest BCUT2D eigenvalue weighted by Gasteiger charge is -2.13. The highest BCUT2D eigenvalue weighted by Crippen LogP contribution is 2.21. The van der Waals surface area contributed by atoms with Gasteiger partial charge in [0.05, 0.1) is 11.3 Å². The van der Waals surface area contributed by atoms with Crippen molar-refractivity contribution >= 4 is 39.2 Å². The molecule has 9 heteroatoms. The largest absolute Gasteiger partial charge is 0.456 e. The Morgan fingerprint density at radius 3 is 2.55 bits per heavy atom. The number of hydrogen-bond acceptors (Lipinski definition) is 5. The van der Waals surface area contributed by atoms with Crippen LogP contribution in [0.5, 0.6) is 0 Å². The maximum atomic E-state index is 12.1. The number of halogens is 1. The van der Waals surface area contributed by atoms with Gasteiger partial charge in [0.15, 0.2) is 6.61 Å². The third kappa shape index (κ3) is 6.85. The number of aryl methyl sites for hydroxylation is 2. The minimum absolute atomic E-state index is 0.00250. The second-order valence-corrected chi connectivity index (χ2v) is 8.48. The van der Waals surface area contributed by atoms with Gasteiger partial charge in [0.25, 0.3) is 5.91 Å². The molecule has 0 aliphatic carbocycles. The average molecular weight is 439 g/mol. The Morgan fingerprint density at radius 1 is 1.14 bits per heavy atom. The van der Waals surface area contributed by atoms with Gasteiger partial charge in [-0.1, -0.05) is 42.8 Å². The van der Waals surface area contributed by atoms with Crippen molar-refractivity contribution in [2.45, 2.75) is 31.6 Å². The van der Waals surface area contributed by atoms with Crippen LogP contribution in [-0.2, 0) is 30.8 Å². The van der Waals surface area contributed by atoms with Crippen LogP contribution in [0.2, 0.25) is 5.02 Å². The molecule has 0 saturated carbocycles. The minimum Gasteiger partial charge on any atom is -0.456 e. The predicted molar refractivity (Wildman–Crippen MR) is 111 cm³/mol. The minimum atomic E-state index is -3.78. The fourth-order valence-corrected chi connectivity index (χ4v) is 3.93. The molecule has 2 N–H and O–H groups in total. The second-order valence-electron chi connectivity index (χ2n) is 6.28. The van der Waals surface area contributed by atoms with Crippen molar-refractivity contribution in [1.29, 1.82) is 0 Å². The van der Waals surface area contributed by atoms with Gasteiger partial charge in [-0.25, -0.2) is 13.1 Å². The number of anilines is 1. The first-order valence-electron chi connectivity index (χ1n) is 9.02. The maximum absolute atomic E-state index is 12.1. The van der Waals surface area contributed by atoms with E-state index < -0.39 is 28.5 Å². The van der Waals surface area contributed by atoms with E-state index in [0.717, 1.165) is 17.5 Å². The lowest BCUT2D eigenvalue weighted by atomic mass is 10.1. The number of sulfonamides is 1. The molecular weight excluding hydrogens is 416 g/mol. The molecule has 7 nitrogen and oxygen atoms in total. The SMILES string of the molecule is CCc1cccc(C)c1NC(=O)COC(=O)CCNS(=O)(=O)c1cccc(Cl)c1. The molecule has 0 aliphatic heterocycles. The van der Waals surface area contributed by atoms with Gasteiger partial charge in [0.2, 0.25) is 10.0 Å². The summed E-state index contributed by atoms with van der Waals surface area (Å²) in [4.78, 5) is 23.9. The summed E-state index contributed by atoms with van der Waals surface area (Å²) in [5.74, 6) is -1.14. The van der Waals surface area contributed by atoms with Gasteiger partial charge in [-0.2, -0.15) is 0 Å². The number of hydrogen-bond donors (Lipinski definition) is 2. The number of nitrogens with one attached hydrogen (secondary N) is 2. The molecular formula is C20H23ClN2O5S. The summed E-state index contributed by atoms with van der Waals surface area (Å²) < 4.78 is 31.5. The highest BCUT2D eigenvalue weighted by molar-refractivity contribution is 7.89. The molecule has 0 heterocycles. The van der Waals surface area contributed by atoms with Gasteiger partial charge in [0.1, 0.15) is 0 Å². The average Bonchev–Trinajstić information content (AvgIpc) is 2.68. The zero-order valence-corrected chi connectivity index (χ0v) is 17.8. The summed E-state index contributed by atoms with van der Waals surface area (Å²) in [7, 11) is -3.78. The molecule has 2 aromatic carbocycles. The smallest absolute Gasteiger partial charge is 0.307 e. The lowest BCUT2D eigenvalue weighted by Crippen LogP contribution is -2.28. The van der Waals surface area contributed by atoms with E-state index in [-0.39, 0.29) is 22.9 Å². The molecule has 0 fully saturated rings. The number of benzene rings is 2. The van der Waals surface area contributed by atoms with Crippen LogP contribution in [0.3, 0.4) is 0 Å². The fourth-order valence-electron chi connectivity index (χ4n) is 2.60. The molecule has 2 aromatic rings. The van der Waals surface area contributed by atoms with E-state index in [4.69, 9.17) is 16.3 Å². The number of para-hydroxylation sites is 1. The van der Waals surface area contributed by atoms with Crippen LogP contribution in [0.25, 0.3) is 0 Å². The van der Waals surface area contributed by atoms with Crippen LogP contribution in [0.15, 0.2) is 47.4 Å². The van der Waals surface area contributed by atoms with Crippen molar-refractivity contribution in [2.24, 2.45) is 0 Å². The summed E-state index contributed by atoms with van der Waals surface area (Å²) >= 11 is 5.79. The lowest BCUT2D eigenvalue weighted by molar-refractivity contribution is -0.147. The molecule has 0 radical (unpaired) electrons. The predicted octanol–water partition coefficient (Wildman–Crippen LogP) is 3.06. The first-order chi connectivity index (χ1) is 13.7. The zero-order valence-electron chi connectivity index (χ0n) is 16.2. The summed E-state index contributed by atoms with van der Waals surface area (Å²) in [6, 6.07) is 11.5. The molecule has 0 bridgehead atoms. The highest BCUT2D eigenvalue weighted by atomic mass is 35.5. The van der Waals surface area contributed by atoms with Gasteiger partial charge >= 0.3 is 5.97 Å². The number of amides is 1. The molecule has 0 atom stereocenters. The van der Waals surface area contributed by atoms with E-state index in [9.17, 15) is 18.0 Å². The van der Waals surface area contributed by atoms with Crippen molar-refractivity contribution in [2.75, 3.05) is 18.5 Å². The van der Waals surface area contributed by atoms with Crippen molar-refractivity contribution in [3.63, 3.8) is 0 Å². The highest BCUT2D eigenvalue weighted by Gasteiger charge is 2.16. The molecule has 2 rings (SSSR count). The molecule has 156 valence electrons. The Morgan fingerprint density at radius 2 is 1.86 bits per heavy atom. The van der Waals surface area contributed by atoms with Gasteiger partial charge in [0, 0.05) is 17.3 Å². The van der Waals surface area contributed by atoms with Crippen molar-refractivity contribution in [3.8, 4) is 0 Å². The fraction of sp³-hybridized carbons (Fsp3) is 0.300. The Balaban J connectivity index is 1.79. The van der Waals surface area contributed by atoms with Gasteiger partial charge in [-0.05, 0) is 42.7 Å². The monoisotopic (exact) mass is 438 g/mol. The molecule has 29 heavy (non-hydrogen) atoms. The summed E-state index contributed by atoms with van der Waals surface area (Å²) in [5, 5.41) is 3.04. The standard InChI is InChI=1S/C20H23ClN2O5S/c1-3-15-7-4-6-14(2)20(15)23-18(24)13-28-19(25)10-11-22-29(26,27)17-9-5-8-16(21)12-17/h4-9,12,22H,3,10-11,13H2,1-2H3,(H,23,24). The van der Waals surface area contributed by atoms with Crippen LogP contribution in [0.4, 0.5) is 5.69 Å². The van der Waals surface area contributed by atoms with Gasteiger partial charge in [-0.3, -0.25) is 9.59 Å². The summed E-state index contributed by atoms with van der Waals surface area (Å²) in [6.45, 7) is 3.26. The molecule has 0 aliphatic rings. The summed E-state index contributed by atoms with van der Waals surface area (Å²) in [6.07, 6.45) is 0.543. The number of rotatable bonds is 9. The van der Waals surface area contributed by atoms with Gasteiger partial charge in [-0.15, -0.1) is 0 Å². The van der Waals surface area contributed by atoms with E-state index in [1.807, 2.05) is 32.0 Å². The normalized spacial score (nSPS) is 11.1. The van der Waals surface area contributed by atoms with E-state index >= 15 is 0 Å². The number of ether oxygens (including phenoxy) is 1. The number of esters is 1. The first-order valence-corrected chi connectivity index (χ1v) is 10.9. The number of carbonyl (C=O) groups excluding carboxylic acids is 2. The van der Waals surface area contributed by atoms with Crippen LogP contribution in [0, 0.1) is 6.92 Å². The van der Waals surface area contributed by atoms with Crippen LogP contribution in [0.1, 0.15) is 24.5 Å². The second kappa shape index (κ2) is 10.4. The molecule has 0 saturated heterocycles. The van der Waals surface area contributed by atoms with Crippen molar-refractivity contribution < 1.29 is 22.7 Å². The topological polar surface area (TPSA) is 102 Å². The first kappa shape index (κ1) is 22.9. The Kier molecular flexibility index (Phi) is 8.19. The third-order valence-corrected chi connectivity index (χ3v) is 5.79. The molecule has 0 aromatic heterocycles. The van der Waals surface area contributed by atoms with Crippen molar-refractivity contribution in [3.05, 3.63) is 58.6 Å². The Labute approximate surface area is 175 Å². The molecule has 1 amide bonds. The Bertz CT molecular complexity index is 992. The van der Waals surface area contributed by atoms with Crippen LogP contribution >= 0.6 is 11.6 Å². The van der Waals surface area contributed by atoms with E-state index in [0.29, 0.717) is 5.69 Å². The Hall–Kier alpha value is -2.42. The van der Waals surface area contributed by atoms with Crippen LogP contribution < -0.4 is 10.0 Å². The third-order valence-electron chi connectivity index (χ3n) is 4.10. The van der Waals surface area contributed by atoms with E-state index in [1.165, 1.54) is 18.2 Å². The zero-order chi connectivity index (χ0) is 21.4. The number of carbonyl (C=O) groups is 2. The van der Waals surface area contributed by atoms with E-state index in [2.05, 4.69) is 10.0 Å².